The van der Waals surface area contributed by atoms with Crippen LogP contribution in [-0.2, 0) is 14.8 Å². The Kier molecular flexibility index (Phi) is 6.00. The summed E-state index contributed by atoms with van der Waals surface area (Å²) in [5.41, 5.74) is 0. The summed E-state index contributed by atoms with van der Waals surface area (Å²) >= 11 is 0. The lowest BCUT2D eigenvalue weighted by atomic mass is 10.2. The van der Waals surface area contributed by atoms with E-state index in [1.807, 2.05) is 4.90 Å². The van der Waals surface area contributed by atoms with Gasteiger partial charge < -0.3 is 15.1 Å². The Morgan fingerprint density at radius 1 is 1.12 bits per heavy atom. The average Bonchev–Trinajstić information content (AvgIpc) is 2.68. The summed E-state index contributed by atoms with van der Waals surface area (Å²) in [7, 11) is -3.47. The van der Waals surface area contributed by atoms with Crippen molar-refractivity contribution < 1.29 is 13.2 Å². The number of sulfonamides is 1. The van der Waals surface area contributed by atoms with Gasteiger partial charge in [0.25, 0.3) is 0 Å². The Balaban J connectivity index is 1.46. The normalized spacial score (nSPS) is 20.6. The van der Waals surface area contributed by atoms with Crippen molar-refractivity contribution in [3.63, 3.8) is 0 Å². The fraction of sp³-hybridized carbons (Fsp3) is 0.625. The van der Waals surface area contributed by atoms with Gasteiger partial charge in [0.2, 0.25) is 15.9 Å². The smallest absolute Gasteiger partial charge is 0.244 e. The van der Waals surface area contributed by atoms with Gasteiger partial charge in [0.1, 0.15) is 4.90 Å². The highest BCUT2D eigenvalue weighted by Crippen LogP contribution is 2.16. The van der Waals surface area contributed by atoms with Gasteiger partial charge >= 0.3 is 0 Å². The summed E-state index contributed by atoms with van der Waals surface area (Å²) in [6.07, 6.45) is 3.44. The largest absolute Gasteiger partial charge is 0.340 e. The standard InChI is InChI=1S/C16H25N5O3S/c22-16(20-8-5-17-6-9-20)3-7-19-10-12-21(13-11-19)25(23,24)15-2-1-4-18-14-15/h1-2,4,14,17H,3,5-13H2. The molecule has 25 heavy (non-hydrogen) atoms. The Morgan fingerprint density at radius 2 is 1.84 bits per heavy atom. The summed E-state index contributed by atoms with van der Waals surface area (Å²) < 4.78 is 26.6. The SMILES string of the molecule is O=C(CCN1CCN(S(=O)(=O)c2cccnc2)CC1)N1CCNCC1. The molecule has 1 aromatic heterocycles. The third kappa shape index (κ3) is 4.55. The Labute approximate surface area is 148 Å². The van der Waals surface area contributed by atoms with Crippen LogP contribution >= 0.6 is 0 Å². The third-order valence-corrected chi connectivity index (χ3v) is 6.60. The number of rotatable bonds is 5. The van der Waals surface area contributed by atoms with Crippen molar-refractivity contribution in [3.8, 4) is 0 Å². The summed E-state index contributed by atoms with van der Waals surface area (Å²) in [5, 5.41) is 3.24. The van der Waals surface area contributed by atoms with Crippen LogP contribution in [0.5, 0.6) is 0 Å². The highest BCUT2D eigenvalue weighted by atomic mass is 32.2. The number of hydrogen-bond donors (Lipinski definition) is 1. The summed E-state index contributed by atoms with van der Waals surface area (Å²) in [4.78, 5) is 20.4. The number of nitrogens with one attached hydrogen (secondary N) is 1. The molecule has 0 radical (unpaired) electrons. The van der Waals surface area contributed by atoms with Gasteiger partial charge in [0.05, 0.1) is 0 Å². The maximum atomic E-state index is 12.6. The van der Waals surface area contributed by atoms with E-state index in [-0.39, 0.29) is 10.8 Å². The zero-order valence-electron chi connectivity index (χ0n) is 14.3. The second kappa shape index (κ2) is 8.22. The molecular weight excluding hydrogens is 342 g/mol. The van der Waals surface area contributed by atoms with Crippen molar-refractivity contribution in [1.82, 2.24) is 24.4 Å². The van der Waals surface area contributed by atoms with E-state index in [1.165, 1.54) is 10.5 Å². The molecule has 0 spiro atoms. The number of aromatic nitrogens is 1. The van der Waals surface area contributed by atoms with Gasteiger partial charge in [-0.2, -0.15) is 4.31 Å². The van der Waals surface area contributed by atoms with Gasteiger partial charge in [-0.3, -0.25) is 9.78 Å². The van der Waals surface area contributed by atoms with Crippen molar-refractivity contribution in [1.29, 1.82) is 0 Å². The molecule has 9 heteroatoms. The molecule has 138 valence electrons. The van der Waals surface area contributed by atoms with E-state index in [9.17, 15) is 13.2 Å². The van der Waals surface area contributed by atoms with Gasteiger partial charge in [0.15, 0.2) is 0 Å². The number of pyridine rings is 1. The maximum absolute atomic E-state index is 12.6. The second-order valence-electron chi connectivity index (χ2n) is 6.32. The van der Waals surface area contributed by atoms with E-state index >= 15 is 0 Å². The monoisotopic (exact) mass is 367 g/mol. The number of nitrogens with zero attached hydrogens (tertiary/aromatic N) is 4. The Bertz CT molecular complexity index is 668. The van der Waals surface area contributed by atoms with E-state index in [1.54, 1.807) is 18.3 Å². The van der Waals surface area contributed by atoms with Gasteiger partial charge in [-0.05, 0) is 12.1 Å². The van der Waals surface area contributed by atoms with E-state index in [0.717, 1.165) is 26.2 Å². The summed E-state index contributed by atoms with van der Waals surface area (Å²) in [6, 6.07) is 3.20. The zero-order chi connectivity index (χ0) is 17.7. The topological polar surface area (TPSA) is 85.9 Å². The first-order valence-corrected chi connectivity index (χ1v) is 10.1. The molecule has 2 fully saturated rings. The van der Waals surface area contributed by atoms with E-state index in [2.05, 4.69) is 15.2 Å². The minimum absolute atomic E-state index is 0.187. The van der Waals surface area contributed by atoms with Gasteiger partial charge in [0, 0.05) is 77.7 Å². The first-order valence-electron chi connectivity index (χ1n) is 8.68. The quantitative estimate of drug-likeness (QED) is 0.734. The van der Waals surface area contributed by atoms with Gasteiger partial charge in [-0.25, -0.2) is 8.42 Å². The molecule has 8 nitrogen and oxygen atoms in total. The average molecular weight is 367 g/mol. The molecule has 0 unspecified atom stereocenters. The molecule has 0 atom stereocenters. The van der Waals surface area contributed by atoms with Crippen LogP contribution in [0.2, 0.25) is 0 Å². The van der Waals surface area contributed by atoms with E-state index < -0.39 is 10.0 Å². The molecule has 2 aliphatic rings. The molecule has 0 aromatic carbocycles. The van der Waals surface area contributed by atoms with Crippen molar-refractivity contribution in [3.05, 3.63) is 24.5 Å². The number of carbonyl (C=O) groups excluding carboxylic acids is 1. The summed E-state index contributed by atoms with van der Waals surface area (Å²) in [6.45, 7) is 6.13. The molecular formula is C16H25N5O3S. The second-order valence-corrected chi connectivity index (χ2v) is 8.25. The lowest BCUT2D eigenvalue weighted by Crippen LogP contribution is -2.50. The van der Waals surface area contributed by atoms with Crippen LogP contribution in [0.15, 0.2) is 29.4 Å². The van der Waals surface area contributed by atoms with Crippen molar-refractivity contribution >= 4 is 15.9 Å². The first-order chi connectivity index (χ1) is 12.1. The van der Waals surface area contributed by atoms with Crippen LogP contribution in [0.3, 0.4) is 0 Å². The zero-order valence-corrected chi connectivity index (χ0v) is 15.1. The number of amides is 1. The lowest BCUT2D eigenvalue weighted by molar-refractivity contribution is -0.132. The van der Waals surface area contributed by atoms with Crippen molar-refractivity contribution in [2.45, 2.75) is 11.3 Å². The molecule has 0 bridgehead atoms. The van der Waals surface area contributed by atoms with Crippen LogP contribution in [0.25, 0.3) is 0 Å². The van der Waals surface area contributed by atoms with Crippen LogP contribution in [0.4, 0.5) is 0 Å². The first kappa shape index (κ1) is 18.2. The molecule has 2 aliphatic heterocycles. The predicted molar refractivity (Wildman–Crippen MR) is 93.5 cm³/mol. The highest BCUT2D eigenvalue weighted by Gasteiger charge is 2.28. The van der Waals surface area contributed by atoms with E-state index in [4.69, 9.17) is 0 Å². The predicted octanol–water partition coefficient (Wildman–Crippen LogP) is -0.790. The van der Waals surface area contributed by atoms with Gasteiger partial charge in [-0.15, -0.1) is 0 Å². The third-order valence-electron chi connectivity index (χ3n) is 4.72. The Morgan fingerprint density at radius 3 is 2.48 bits per heavy atom. The van der Waals surface area contributed by atoms with Crippen LogP contribution < -0.4 is 5.32 Å². The summed E-state index contributed by atoms with van der Waals surface area (Å²) in [5.74, 6) is 0.187. The maximum Gasteiger partial charge on any atom is 0.244 e. The molecule has 0 saturated carbocycles. The van der Waals surface area contributed by atoms with Crippen molar-refractivity contribution in [2.75, 3.05) is 58.9 Å². The number of piperazine rings is 2. The van der Waals surface area contributed by atoms with Crippen LogP contribution in [-0.4, -0.2) is 92.3 Å². The minimum Gasteiger partial charge on any atom is -0.340 e. The number of carbonyl (C=O) groups is 1. The molecule has 0 aliphatic carbocycles. The Hall–Kier alpha value is -1.55. The molecule has 1 N–H and O–H groups in total. The molecule has 1 aromatic rings. The molecule has 3 heterocycles. The molecule has 1 amide bonds. The highest BCUT2D eigenvalue weighted by molar-refractivity contribution is 7.89. The van der Waals surface area contributed by atoms with Gasteiger partial charge in [-0.1, -0.05) is 0 Å². The fourth-order valence-corrected chi connectivity index (χ4v) is 4.56. The van der Waals surface area contributed by atoms with Crippen LogP contribution in [0.1, 0.15) is 6.42 Å². The minimum atomic E-state index is -3.47. The number of hydrogen-bond acceptors (Lipinski definition) is 6. The van der Waals surface area contributed by atoms with Crippen molar-refractivity contribution in [2.24, 2.45) is 0 Å². The molecule has 3 rings (SSSR count). The lowest BCUT2D eigenvalue weighted by Gasteiger charge is -2.34. The van der Waals surface area contributed by atoms with Crippen LogP contribution in [0, 0.1) is 0 Å². The fourth-order valence-electron chi connectivity index (χ4n) is 3.17. The molecule has 2 saturated heterocycles. The van der Waals surface area contributed by atoms with E-state index in [0.29, 0.717) is 39.1 Å².